The molecule has 0 radical (unpaired) electrons. The summed E-state index contributed by atoms with van der Waals surface area (Å²) in [6.45, 7) is 7.92. The maximum atomic E-state index is 10.4. The second-order valence-corrected chi connectivity index (χ2v) is 6.81. The van der Waals surface area contributed by atoms with Gasteiger partial charge in [0.15, 0.2) is 0 Å². The van der Waals surface area contributed by atoms with Crippen LogP contribution in [0.1, 0.15) is 46.5 Å². The van der Waals surface area contributed by atoms with Crippen molar-refractivity contribution in [3.8, 4) is 0 Å². The Balaban J connectivity index is 1.91. The first-order chi connectivity index (χ1) is 7.42. The second-order valence-electron chi connectivity index (χ2n) is 6.81. The Morgan fingerprint density at radius 1 is 1.38 bits per heavy atom. The number of aliphatic hydroxyl groups excluding tert-OH is 1. The highest BCUT2D eigenvalue weighted by Gasteiger charge is 2.41. The minimum absolute atomic E-state index is 0.104. The van der Waals surface area contributed by atoms with Crippen molar-refractivity contribution in [2.45, 2.75) is 58.6 Å². The molecule has 94 valence electrons. The fraction of sp³-hybridized carbons (Fsp3) is 1.00. The molecule has 16 heavy (non-hydrogen) atoms. The molecule has 4 atom stereocenters. The van der Waals surface area contributed by atoms with E-state index in [1.807, 2.05) is 0 Å². The summed E-state index contributed by atoms with van der Waals surface area (Å²) in [4.78, 5) is 2.42. The van der Waals surface area contributed by atoms with E-state index in [1.165, 1.54) is 32.2 Å². The smallest absolute Gasteiger partial charge is 0.0746 e. The third-order valence-corrected chi connectivity index (χ3v) is 4.85. The van der Waals surface area contributed by atoms with E-state index in [9.17, 15) is 5.11 Å². The van der Waals surface area contributed by atoms with Crippen molar-refractivity contribution >= 4 is 0 Å². The molecule has 2 fully saturated rings. The van der Waals surface area contributed by atoms with E-state index in [2.05, 4.69) is 32.7 Å². The van der Waals surface area contributed by atoms with E-state index in [1.54, 1.807) is 0 Å². The zero-order valence-electron chi connectivity index (χ0n) is 11.2. The normalized spacial score (nSPS) is 42.4. The van der Waals surface area contributed by atoms with Crippen LogP contribution in [-0.2, 0) is 0 Å². The molecule has 4 unspecified atom stereocenters. The first-order valence-corrected chi connectivity index (χ1v) is 6.80. The number of rotatable bonds is 3. The number of nitrogens with zero attached hydrogens (tertiary/aromatic N) is 1. The van der Waals surface area contributed by atoms with Crippen LogP contribution in [0.25, 0.3) is 0 Å². The van der Waals surface area contributed by atoms with Gasteiger partial charge in [-0.25, -0.2) is 0 Å². The summed E-state index contributed by atoms with van der Waals surface area (Å²) in [5, 5.41) is 10.4. The van der Waals surface area contributed by atoms with E-state index < -0.39 is 0 Å². The van der Waals surface area contributed by atoms with Crippen molar-refractivity contribution in [2.24, 2.45) is 17.3 Å². The lowest BCUT2D eigenvalue weighted by Gasteiger charge is -2.44. The molecule has 0 amide bonds. The van der Waals surface area contributed by atoms with Gasteiger partial charge >= 0.3 is 0 Å². The summed E-state index contributed by atoms with van der Waals surface area (Å²) in [5.41, 5.74) is 0.104. The molecule has 2 aliphatic carbocycles. The van der Waals surface area contributed by atoms with Crippen molar-refractivity contribution in [3.63, 3.8) is 0 Å². The SMILES string of the molecule is CC1CC1CN(C)C1CCCC(C)(C)C1O. The van der Waals surface area contributed by atoms with Gasteiger partial charge < -0.3 is 10.0 Å². The van der Waals surface area contributed by atoms with E-state index in [-0.39, 0.29) is 11.5 Å². The molecule has 0 spiro atoms. The molecule has 2 saturated carbocycles. The van der Waals surface area contributed by atoms with Crippen molar-refractivity contribution in [2.75, 3.05) is 13.6 Å². The highest BCUT2D eigenvalue weighted by molar-refractivity contribution is 4.94. The fourth-order valence-electron chi connectivity index (χ4n) is 3.21. The molecule has 2 heteroatoms. The molecule has 2 rings (SSSR count). The largest absolute Gasteiger partial charge is 0.391 e. The monoisotopic (exact) mass is 225 g/mol. The van der Waals surface area contributed by atoms with Crippen molar-refractivity contribution < 1.29 is 5.11 Å². The number of aliphatic hydroxyl groups is 1. The van der Waals surface area contributed by atoms with Crippen LogP contribution in [0.2, 0.25) is 0 Å². The number of hydrogen-bond donors (Lipinski definition) is 1. The lowest BCUT2D eigenvalue weighted by Crippen LogP contribution is -2.51. The van der Waals surface area contributed by atoms with Gasteiger partial charge in [-0.15, -0.1) is 0 Å². The maximum Gasteiger partial charge on any atom is 0.0746 e. The first-order valence-electron chi connectivity index (χ1n) is 6.80. The zero-order chi connectivity index (χ0) is 11.9. The Bertz CT molecular complexity index is 251. The maximum absolute atomic E-state index is 10.4. The third-order valence-electron chi connectivity index (χ3n) is 4.85. The number of hydrogen-bond acceptors (Lipinski definition) is 2. The Morgan fingerprint density at radius 3 is 2.56 bits per heavy atom. The highest BCUT2D eigenvalue weighted by Crippen LogP contribution is 2.41. The van der Waals surface area contributed by atoms with Gasteiger partial charge in [0.25, 0.3) is 0 Å². The van der Waals surface area contributed by atoms with Crippen LogP contribution in [0.15, 0.2) is 0 Å². The van der Waals surface area contributed by atoms with Crippen LogP contribution >= 0.6 is 0 Å². The molecule has 0 aromatic carbocycles. The molecule has 2 nitrogen and oxygen atoms in total. The topological polar surface area (TPSA) is 23.5 Å². The molecule has 2 aliphatic rings. The van der Waals surface area contributed by atoms with Crippen molar-refractivity contribution in [1.29, 1.82) is 0 Å². The second kappa shape index (κ2) is 4.30. The van der Waals surface area contributed by atoms with Crippen molar-refractivity contribution in [3.05, 3.63) is 0 Å². The minimum atomic E-state index is -0.152. The van der Waals surface area contributed by atoms with Gasteiger partial charge in [-0.1, -0.05) is 27.2 Å². The van der Waals surface area contributed by atoms with E-state index in [0.717, 1.165) is 11.8 Å². The van der Waals surface area contributed by atoms with E-state index in [4.69, 9.17) is 0 Å². The molecule has 0 aromatic rings. The van der Waals surface area contributed by atoms with Gasteiger partial charge in [0.1, 0.15) is 0 Å². The van der Waals surface area contributed by atoms with Crippen LogP contribution in [0.4, 0.5) is 0 Å². The zero-order valence-corrected chi connectivity index (χ0v) is 11.2. The Kier molecular flexibility index (Phi) is 3.33. The third kappa shape index (κ3) is 2.43. The molecule has 0 saturated heterocycles. The number of likely N-dealkylation sites (N-methyl/N-ethyl adjacent to an activating group) is 1. The van der Waals surface area contributed by atoms with Crippen LogP contribution in [0, 0.1) is 17.3 Å². The summed E-state index contributed by atoms with van der Waals surface area (Å²) in [6.07, 6.45) is 4.83. The Hall–Kier alpha value is -0.0800. The summed E-state index contributed by atoms with van der Waals surface area (Å²) < 4.78 is 0. The van der Waals surface area contributed by atoms with Crippen molar-refractivity contribution in [1.82, 2.24) is 4.90 Å². The van der Waals surface area contributed by atoms with Gasteiger partial charge in [0.05, 0.1) is 6.10 Å². The molecule has 1 N–H and O–H groups in total. The summed E-state index contributed by atoms with van der Waals surface area (Å²) in [6, 6.07) is 0.386. The lowest BCUT2D eigenvalue weighted by atomic mass is 9.72. The van der Waals surface area contributed by atoms with Crippen LogP contribution in [-0.4, -0.2) is 35.7 Å². The predicted octanol–water partition coefficient (Wildman–Crippen LogP) is 2.51. The minimum Gasteiger partial charge on any atom is -0.391 e. The first kappa shape index (κ1) is 12.4. The molecular weight excluding hydrogens is 198 g/mol. The quantitative estimate of drug-likeness (QED) is 0.798. The standard InChI is InChI=1S/C14H27NO/c1-10-8-11(10)9-15(4)12-6-5-7-14(2,3)13(12)16/h10-13,16H,5-9H2,1-4H3. The Labute approximate surface area is 100 Å². The van der Waals surface area contributed by atoms with Gasteiger partial charge in [-0.2, -0.15) is 0 Å². The van der Waals surface area contributed by atoms with E-state index in [0.29, 0.717) is 6.04 Å². The molecule has 0 aliphatic heterocycles. The summed E-state index contributed by atoms with van der Waals surface area (Å²) in [7, 11) is 2.19. The average molecular weight is 225 g/mol. The van der Waals surface area contributed by atoms with Gasteiger partial charge in [-0.05, 0) is 43.6 Å². The molecular formula is C14H27NO. The van der Waals surface area contributed by atoms with Crippen LogP contribution < -0.4 is 0 Å². The summed E-state index contributed by atoms with van der Waals surface area (Å²) >= 11 is 0. The fourth-order valence-corrected chi connectivity index (χ4v) is 3.21. The van der Waals surface area contributed by atoms with E-state index >= 15 is 0 Å². The lowest BCUT2D eigenvalue weighted by molar-refractivity contribution is -0.0514. The predicted molar refractivity (Wildman–Crippen MR) is 67.3 cm³/mol. The van der Waals surface area contributed by atoms with Gasteiger partial charge in [0, 0.05) is 12.6 Å². The molecule has 0 aromatic heterocycles. The highest BCUT2D eigenvalue weighted by atomic mass is 16.3. The molecule has 0 bridgehead atoms. The van der Waals surface area contributed by atoms with Crippen LogP contribution in [0.3, 0.4) is 0 Å². The average Bonchev–Trinajstić information content (AvgIpc) is 2.86. The van der Waals surface area contributed by atoms with Gasteiger partial charge in [0.2, 0.25) is 0 Å². The Morgan fingerprint density at radius 2 is 2.00 bits per heavy atom. The summed E-state index contributed by atoms with van der Waals surface area (Å²) in [5.74, 6) is 1.80. The van der Waals surface area contributed by atoms with Gasteiger partial charge in [-0.3, -0.25) is 0 Å². The van der Waals surface area contributed by atoms with Crippen LogP contribution in [0.5, 0.6) is 0 Å². The molecule has 0 heterocycles.